The smallest absolute Gasteiger partial charge is 0.320 e. The molecule has 1 saturated heterocycles. The molecule has 1 aliphatic heterocycles. The van der Waals surface area contributed by atoms with Gasteiger partial charge in [-0.3, -0.25) is 4.79 Å². The lowest BCUT2D eigenvalue weighted by Gasteiger charge is -2.21. The first-order valence-corrected chi connectivity index (χ1v) is 6.29. The molecular formula is C13H16ClNO3. The van der Waals surface area contributed by atoms with Gasteiger partial charge in [-0.05, 0) is 30.5 Å². The molecule has 0 spiro atoms. The molecule has 0 amide bonds. The van der Waals surface area contributed by atoms with E-state index in [1.165, 1.54) is 0 Å². The Morgan fingerprint density at radius 1 is 1.44 bits per heavy atom. The molecule has 18 heavy (non-hydrogen) atoms. The van der Waals surface area contributed by atoms with Gasteiger partial charge in [-0.15, -0.1) is 0 Å². The summed E-state index contributed by atoms with van der Waals surface area (Å²) in [7, 11) is 0. The molecule has 0 bridgehead atoms. The van der Waals surface area contributed by atoms with Crippen LogP contribution in [0, 0.1) is 0 Å². The Morgan fingerprint density at radius 3 is 2.67 bits per heavy atom. The number of aliphatic carboxylic acids is 1. The fourth-order valence-electron chi connectivity index (χ4n) is 2.23. The van der Waals surface area contributed by atoms with Crippen LogP contribution in [0.3, 0.4) is 0 Å². The number of carboxylic acid groups (broad SMARTS) is 1. The van der Waals surface area contributed by atoms with Gasteiger partial charge in [0.2, 0.25) is 0 Å². The second-order valence-corrected chi connectivity index (χ2v) is 5.26. The fraction of sp³-hybridized carbons (Fsp3) is 0.462. The lowest BCUT2D eigenvalue weighted by atomic mass is 9.92. The van der Waals surface area contributed by atoms with Crippen LogP contribution in [0.15, 0.2) is 24.3 Å². The number of aryl methyl sites for hydroxylation is 1. The quantitative estimate of drug-likeness (QED) is 0.774. The third-order valence-corrected chi connectivity index (χ3v) is 3.60. The number of benzene rings is 1. The van der Waals surface area contributed by atoms with Crippen molar-refractivity contribution in [1.29, 1.82) is 0 Å². The maximum Gasteiger partial charge on any atom is 0.320 e. The molecule has 0 radical (unpaired) electrons. The molecule has 1 aromatic rings. The van der Waals surface area contributed by atoms with Gasteiger partial charge in [0.15, 0.2) is 0 Å². The monoisotopic (exact) mass is 269 g/mol. The maximum absolute atomic E-state index is 10.8. The van der Waals surface area contributed by atoms with Crippen molar-refractivity contribution < 1.29 is 15.0 Å². The van der Waals surface area contributed by atoms with Gasteiger partial charge < -0.3 is 15.5 Å². The summed E-state index contributed by atoms with van der Waals surface area (Å²) >= 11 is 5.80. The van der Waals surface area contributed by atoms with Crippen LogP contribution in [0.1, 0.15) is 18.4 Å². The number of β-amino-alcohol motifs (C(OH)–C–C–N with tert-alkyl or cyclic N) is 1. The van der Waals surface area contributed by atoms with Crippen LogP contribution in [0.5, 0.6) is 0 Å². The predicted molar refractivity (Wildman–Crippen MR) is 68.8 cm³/mol. The lowest BCUT2D eigenvalue weighted by Crippen LogP contribution is -2.31. The summed E-state index contributed by atoms with van der Waals surface area (Å²) in [6.07, 6.45) is 1.52. The number of hydrogen-bond donors (Lipinski definition) is 3. The van der Waals surface area contributed by atoms with Crippen molar-refractivity contribution in [3.05, 3.63) is 34.9 Å². The predicted octanol–water partition coefficient (Wildman–Crippen LogP) is 1.45. The lowest BCUT2D eigenvalue weighted by molar-refractivity contribution is -0.139. The number of nitrogens with one attached hydrogen (secondary N) is 1. The molecule has 2 rings (SSSR count). The van der Waals surface area contributed by atoms with E-state index < -0.39 is 17.6 Å². The molecule has 4 nitrogen and oxygen atoms in total. The fourth-order valence-corrected chi connectivity index (χ4v) is 2.36. The maximum atomic E-state index is 10.8. The number of halogens is 1. The molecule has 0 saturated carbocycles. The largest absolute Gasteiger partial charge is 0.480 e. The first-order chi connectivity index (χ1) is 8.48. The van der Waals surface area contributed by atoms with E-state index in [1.54, 1.807) is 0 Å². The van der Waals surface area contributed by atoms with Gasteiger partial charge in [-0.1, -0.05) is 23.7 Å². The molecule has 1 heterocycles. The number of carbonyl (C=O) groups is 1. The van der Waals surface area contributed by atoms with E-state index in [0.717, 1.165) is 5.56 Å². The third kappa shape index (κ3) is 3.22. The van der Waals surface area contributed by atoms with Crippen LogP contribution in [0.25, 0.3) is 0 Å². The van der Waals surface area contributed by atoms with Crippen LogP contribution in [-0.2, 0) is 11.2 Å². The summed E-state index contributed by atoms with van der Waals surface area (Å²) in [4.78, 5) is 10.8. The third-order valence-electron chi connectivity index (χ3n) is 3.35. The van der Waals surface area contributed by atoms with E-state index in [-0.39, 0.29) is 6.42 Å². The van der Waals surface area contributed by atoms with E-state index >= 15 is 0 Å². The van der Waals surface area contributed by atoms with Gasteiger partial charge in [0.1, 0.15) is 6.04 Å². The molecule has 1 unspecified atom stereocenters. The van der Waals surface area contributed by atoms with Crippen LogP contribution in [-0.4, -0.2) is 34.4 Å². The minimum Gasteiger partial charge on any atom is -0.480 e. The van der Waals surface area contributed by atoms with Crippen LogP contribution in [0.2, 0.25) is 5.02 Å². The van der Waals surface area contributed by atoms with Crippen molar-refractivity contribution in [3.63, 3.8) is 0 Å². The summed E-state index contributed by atoms with van der Waals surface area (Å²) < 4.78 is 0. The van der Waals surface area contributed by atoms with E-state index in [0.29, 0.717) is 24.4 Å². The van der Waals surface area contributed by atoms with Gasteiger partial charge >= 0.3 is 5.97 Å². The Morgan fingerprint density at radius 2 is 2.11 bits per heavy atom. The molecule has 98 valence electrons. The average molecular weight is 270 g/mol. The highest BCUT2D eigenvalue weighted by atomic mass is 35.5. The van der Waals surface area contributed by atoms with E-state index in [4.69, 9.17) is 16.7 Å². The Bertz CT molecular complexity index is 434. The second kappa shape index (κ2) is 5.26. The van der Waals surface area contributed by atoms with Crippen molar-refractivity contribution in [3.8, 4) is 0 Å². The minimum absolute atomic E-state index is 0.260. The number of aliphatic hydroxyl groups is 1. The van der Waals surface area contributed by atoms with Crippen LogP contribution >= 0.6 is 11.6 Å². The van der Waals surface area contributed by atoms with Crippen LogP contribution in [0.4, 0.5) is 0 Å². The zero-order valence-corrected chi connectivity index (χ0v) is 10.7. The topological polar surface area (TPSA) is 69.6 Å². The summed E-state index contributed by atoms with van der Waals surface area (Å²) in [6.45, 7) is 0.331. The van der Waals surface area contributed by atoms with Crippen molar-refractivity contribution in [2.24, 2.45) is 0 Å². The average Bonchev–Trinajstić information content (AvgIpc) is 2.72. The van der Waals surface area contributed by atoms with Gasteiger partial charge in [0.05, 0.1) is 5.60 Å². The summed E-state index contributed by atoms with van der Waals surface area (Å²) in [5.41, 5.74) is 0.162. The first kappa shape index (κ1) is 13.3. The van der Waals surface area contributed by atoms with E-state index in [2.05, 4.69) is 5.32 Å². The molecule has 3 N–H and O–H groups in total. The Labute approximate surface area is 111 Å². The van der Waals surface area contributed by atoms with E-state index in [1.807, 2.05) is 24.3 Å². The van der Waals surface area contributed by atoms with Gasteiger partial charge in [-0.25, -0.2) is 0 Å². The molecule has 1 aliphatic rings. The zero-order chi connectivity index (χ0) is 13.2. The minimum atomic E-state index is -0.928. The molecule has 2 atom stereocenters. The SMILES string of the molecule is O=C(O)[C@@H]1CC(O)(CCc2ccc(Cl)cc2)CN1. The number of carboxylic acids is 1. The van der Waals surface area contributed by atoms with Crippen molar-refractivity contribution in [2.75, 3.05) is 6.54 Å². The molecule has 0 aromatic heterocycles. The van der Waals surface area contributed by atoms with Gasteiger partial charge in [0.25, 0.3) is 0 Å². The zero-order valence-electron chi connectivity index (χ0n) is 9.90. The van der Waals surface area contributed by atoms with Crippen molar-refractivity contribution >= 4 is 17.6 Å². The van der Waals surface area contributed by atoms with Crippen molar-refractivity contribution in [1.82, 2.24) is 5.32 Å². The first-order valence-electron chi connectivity index (χ1n) is 5.92. The highest BCUT2D eigenvalue weighted by Gasteiger charge is 2.39. The molecule has 1 aromatic carbocycles. The number of rotatable bonds is 4. The van der Waals surface area contributed by atoms with Crippen LogP contribution < -0.4 is 5.32 Å². The summed E-state index contributed by atoms with van der Waals surface area (Å²) in [6, 6.07) is 6.83. The standard InChI is InChI=1S/C13H16ClNO3/c14-10-3-1-9(2-4-10)5-6-13(18)7-11(12(16)17)15-8-13/h1-4,11,15,18H,5-8H2,(H,16,17)/t11-,13?/m0/s1. The number of hydrogen-bond acceptors (Lipinski definition) is 3. The van der Waals surface area contributed by atoms with E-state index in [9.17, 15) is 9.90 Å². The van der Waals surface area contributed by atoms with Crippen molar-refractivity contribution in [2.45, 2.75) is 30.9 Å². The highest BCUT2D eigenvalue weighted by Crippen LogP contribution is 2.25. The molecule has 5 heteroatoms. The Balaban J connectivity index is 1.90. The molecule has 0 aliphatic carbocycles. The highest BCUT2D eigenvalue weighted by molar-refractivity contribution is 6.30. The summed E-state index contributed by atoms with van der Waals surface area (Å²) in [5.74, 6) is -0.905. The normalized spacial score (nSPS) is 27.3. The van der Waals surface area contributed by atoms with Gasteiger partial charge in [-0.2, -0.15) is 0 Å². The Kier molecular flexibility index (Phi) is 3.90. The van der Waals surface area contributed by atoms with Gasteiger partial charge in [0, 0.05) is 18.0 Å². The Hall–Kier alpha value is -1.10. The molecule has 1 fully saturated rings. The second-order valence-electron chi connectivity index (χ2n) is 4.83. The summed E-state index contributed by atoms with van der Waals surface area (Å²) in [5, 5.41) is 22.7. The molecular weight excluding hydrogens is 254 g/mol.